The van der Waals surface area contributed by atoms with Gasteiger partial charge in [0.1, 0.15) is 10.8 Å². The van der Waals surface area contributed by atoms with Crippen LogP contribution in [0.5, 0.6) is 0 Å². The molecule has 0 aromatic carbocycles. The van der Waals surface area contributed by atoms with Crippen LogP contribution in [-0.2, 0) is 0 Å². The molecule has 0 aliphatic carbocycles. The Bertz CT molecular complexity index is 162. The number of thiocyanates is 2. The van der Waals surface area contributed by atoms with Crippen molar-refractivity contribution in [2.24, 2.45) is 0 Å². The van der Waals surface area contributed by atoms with E-state index in [0.717, 1.165) is 24.6 Å². The summed E-state index contributed by atoms with van der Waals surface area (Å²) in [5, 5.41) is 20.5. The Balaban J connectivity index is 3.18. The molecule has 0 atom stereocenters. The highest BCUT2D eigenvalue weighted by atomic mass is 32.2. The molecule has 0 fully saturated rings. The summed E-state index contributed by atoms with van der Waals surface area (Å²) in [6, 6.07) is 0. The van der Waals surface area contributed by atoms with Crippen LogP contribution < -0.4 is 0 Å². The van der Waals surface area contributed by atoms with Crippen LogP contribution in [0.2, 0.25) is 0 Å². The SMILES string of the molecule is CN(CCSC#N)CCSC#N. The second-order valence-electron chi connectivity index (χ2n) is 2.18. The monoisotopic (exact) mass is 201 g/mol. The minimum Gasteiger partial charge on any atom is -0.305 e. The fourth-order valence-corrected chi connectivity index (χ4v) is 1.59. The van der Waals surface area contributed by atoms with Crippen LogP contribution in [0, 0.1) is 21.3 Å². The molecule has 12 heavy (non-hydrogen) atoms. The van der Waals surface area contributed by atoms with Crippen LogP contribution in [0.15, 0.2) is 0 Å². The van der Waals surface area contributed by atoms with Gasteiger partial charge in [0, 0.05) is 24.6 Å². The van der Waals surface area contributed by atoms with E-state index >= 15 is 0 Å². The molecule has 0 rings (SSSR count). The molecule has 3 nitrogen and oxygen atoms in total. The molecule has 0 aromatic heterocycles. The number of thioether (sulfide) groups is 2. The van der Waals surface area contributed by atoms with Gasteiger partial charge >= 0.3 is 0 Å². The standard InChI is InChI=1S/C7H11N3S2/c1-10(2-4-11-6-8)3-5-12-7-9/h2-5H2,1H3. The molecule has 0 bridgehead atoms. The lowest BCUT2D eigenvalue weighted by Gasteiger charge is -2.13. The molecule has 0 aliphatic heterocycles. The highest BCUT2D eigenvalue weighted by Crippen LogP contribution is 1.99. The van der Waals surface area contributed by atoms with Crippen LogP contribution in [0.3, 0.4) is 0 Å². The number of hydrogen-bond acceptors (Lipinski definition) is 5. The van der Waals surface area contributed by atoms with Gasteiger partial charge in [-0.25, -0.2) is 0 Å². The van der Waals surface area contributed by atoms with Crippen LogP contribution in [-0.4, -0.2) is 36.5 Å². The van der Waals surface area contributed by atoms with Crippen molar-refractivity contribution in [2.45, 2.75) is 0 Å². The first kappa shape index (κ1) is 11.6. The van der Waals surface area contributed by atoms with Gasteiger partial charge in [-0.05, 0) is 30.6 Å². The largest absolute Gasteiger partial charge is 0.305 e. The molecule has 0 aromatic rings. The van der Waals surface area contributed by atoms with Gasteiger partial charge < -0.3 is 4.90 Å². The molecule has 5 heteroatoms. The average Bonchev–Trinajstić information content (AvgIpc) is 2.06. The zero-order valence-corrected chi connectivity index (χ0v) is 8.62. The molecular formula is C7H11N3S2. The number of hydrogen-bond donors (Lipinski definition) is 0. The molecule has 0 N–H and O–H groups in total. The van der Waals surface area contributed by atoms with Crippen molar-refractivity contribution in [1.82, 2.24) is 4.90 Å². The summed E-state index contributed by atoms with van der Waals surface area (Å²) in [4.78, 5) is 2.12. The molecule has 66 valence electrons. The molecule has 0 unspecified atom stereocenters. The highest BCUT2D eigenvalue weighted by molar-refractivity contribution is 8.03. The maximum absolute atomic E-state index is 8.24. The molecule has 0 spiro atoms. The third-order valence-corrected chi connectivity index (χ3v) is 2.31. The van der Waals surface area contributed by atoms with E-state index in [2.05, 4.69) is 4.90 Å². The van der Waals surface area contributed by atoms with Crippen LogP contribution in [0.4, 0.5) is 0 Å². The number of rotatable bonds is 6. The van der Waals surface area contributed by atoms with E-state index in [1.54, 1.807) is 0 Å². The van der Waals surface area contributed by atoms with Gasteiger partial charge in [0.15, 0.2) is 0 Å². The van der Waals surface area contributed by atoms with E-state index < -0.39 is 0 Å². The summed E-state index contributed by atoms with van der Waals surface area (Å²) < 4.78 is 0. The van der Waals surface area contributed by atoms with Gasteiger partial charge in [-0.2, -0.15) is 10.5 Å². The summed E-state index contributed by atoms with van der Waals surface area (Å²) in [6.45, 7) is 1.81. The predicted octanol–water partition coefficient (Wildman–Crippen LogP) is 1.35. The van der Waals surface area contributed by atoms with Gasteiger partial charge in [-0.3, -0.25) is 0 Å². The van der Waals surface area contributed by atoms with Crippen molar-refractivity contribution in [3.8, 4) is 10.8 Å². The fraction of sp³-hybridized carbons (Fsp3) is 0.714. The van der Waals surface area contributed by atoms with E-state index in [-0.39, 0.29) is 0 Å². The predicted molar refractivity (Wildman–Crippen MR) is 53.6 cm³/mol. The second kappa shape index (κ2) is 8.73. The van der Waals surface area contributed by atoms with Gasteiger partial charge in [0.25, 0.3) is 0 Å². The Morgan fingerprint density at radius 1 is 1.08 bits per heavy atom. The first-order chi connectivity index (χ1) is 5.81. The van der Waals surface area contributed by atoms with Gasteiger partial charge in [-0.15, -0.1) is 0 Å². The topological polar surface area (TPSA) is 50.8 Å². The molecule has 0 amide bonds. The van der Waals surface area contributed by atoms with Gasteiger partial charge in [-0.1, -0.05) is 0 Å². The maximum Gasteiger partial charge on any atom is 0.133 e. The summed E-state index contributed by atoms with van der Waals surface area (Å²) >= 11 is 2.54. The Morgan fingerprint density at radius 2 is 1.50 bits per heavy atom. The molecule has 0 radical (unpaired) electrons. The van der Waals surface area contributed by atoms with E-state index in [4.69, 9.17) is 10.5 Å². The lowest BCUT2D eigenvalue weighted by molar-refractivity contribution is 0.380. The normalized spacial score (nSPS) is 9.33. The van der Waals surface area contributed by atoms with Crippen molar-refractivity contribution in [2.75, 3.05) is 31.6 Å². The van der Waals surface area contributed by atoms with Crippen LogP contribution >= 0.6 is 23.5 Å². The molecule has 0 aliphatic rings. The van der Waals surface area contributed by atoms with E-state index in [9.17, 15) is 0 Å². The average molecular weight is 201 g/mol. The number of nitrogens with zero attached hydrogens (tertiary/aromatic N) is 3. The first-order valence-corrected chi connectivity index (χ1v) is 5.48. The zero-order valence-electron chi connectivity index (χ0n) is 6.99. The minimum absolute atomic E-state index is 0.838. The summed E-state index contributed by atoms with van der Waals surface area (Å²) in [6.07, 6.45) is 0. The molecule has 0 saturated heterocycles. The van der Waals surface area contributed by atoms with Gasteiger partial charge in [0.2, 0.25) is 0 Å². The Hall–Kier alpha value is -0.360. The van der Waals surface area contributed by atoms with Crippen molar-refractivity contribution < 1.29 is 0 Å². The minimum atomic E-state index is 0.838. The van der Waals surface area contributed by atoms with Crippen molar-refractivity contribution in [1.29, 1.82) is 10.5 Å². The van der Waals surface area contributed by atoms with Crippen molar-refractivity contribution in [3.63, 3.8) is 0 Å². The second-order valence-corrected chi connectivity index (χ2v) is 3.94. The van der Waals surface area contributed by atoms with E-state index in [1.807, 2.05) is 17.9 Å². The Labute approximate surface area is 81.7 Å². The first-order valence-electron chi connectivity index (χ1n) is 3.51. The zero-order chi connectivity index (χ0) is 9.23. The number of nitriles is 2. The molecule has 0 heterocycles. The van der Waals surface area contributed by atoms with E-state index in [1.165, 1.54) is 23.5 Å². The van der Waals surface area contributed by atoms with Crippen molar-refractivity contribution in [3.05, 3.63) is 0 Å². The summed E-state index contributed by atoms with van der Waals surface area (Å²) in [5.74, 6) is 1.68. The fourth-order valence-electron chi connectivity index (χ4n) is 0.606. The Morgan fingerprint density at radius 3 is 1.83 bits per heavy atom. The quantitative estimate of drug-likeness (QED) is 0.479. The lowest BCUT2D eigenvalue weighted by atomic mass is 10.6. The molecule has 0 saturated carbocycles. The van der Waals surface area contributed by atoms with E-state index in [0.29, 0.717) is 0 Å². The lowest BCUT2D eigenvalue weighted by Crippen LogP contribution is -2.23. The maximum atomic E-state index is 8.24. The third kappa shape index (κ3) is 7.74. The van der Waals surface area contributed by atoms with Crippen LogP contribution in [0.1, 0.15) is 0 Å². The summed E-state index contributed by atoms with van der Waals surface area (Å²) in [5.41, 5.74) is 0. The summed E-state index contributed by atoms with van der Waals surface area (Å²) in [7, 11) is 2.00. The third-order valence-electron chi connectivity index (χ3n) is 1.28. The Kier molecular flexibility index (Phi) is 8.47. The highest BCUT2D eigenvalue weighted by Gasteiger charge is 1.97. The van der Waals surface area contributed by atoms with Crippen molar-refractivity contribution >= 4 is 23.5 Å². The smallest absolute Gasteiger partial charge is 0.133 e. The van der Waals surface area contributed by atoms with Gasteiger partial charge in [0.05, 0.1) is 0 Å². The van der Waals surface area contributed by atoms with Crippen LogP contribution in [0.25, 0.3) is 0 Å². The molecular weight excluding hydrogens is 190 g/mol.